The minimum Gasteiger partial charge on any atom is -0.490 e. The van der Waals surface area contributed by atoms with E-state index in [0.717, 1.165) is 17.2 Å². The maximum Gasteiger partial charge on any atom is 0.338 e. The van der Waals surface area contributed by atoms with Crippen molar-refractivity contribution in [1.29, 1.82) is 0 Å². The van der Waals surface area contributed by atoms with Crippen LogP contribution in [0.25, 0.3) is 0 Å². The van der Waals surface area contributed by atoms with Crippen LogP contribution in [-0.2, 0) is 19.7 Å². The molecule has 0 aliphatic carbocycles. The summed E-state index contributed by atoms with van der Waals surface area (Å²) in [6.07, 6.45) is 1.11. The van der Waals surface area contributed by atoms with Gasteiger partial charge in [0.05, 0.1) is 13.2 Å². The fourth-order valence-corrected chi connectivity index (χ4v) is 3.36. The largest absolute Gasteiger partial charge is 0.490 e. The second-order valence-electron chi connectivity index (χ2n) is 8.17. The van der Waals surface area contributed by atoms with Crippen molar-refractivity contribution in [3.63, 3.8) is 0 Å². The van der Waals surface area contributed by atoms with E-state index in [4.69, 9.17) is 23.7 Å². The predicted octanol–water partition coefficient (Wildman–Crippen LogP) is 5.40. The number of rotatable bonds is 13. The highest BCUT2D eigenvalue weighted by Crippen LogP contribution is 2.47. The van der Waals surface area contributed by atoms with Gasteiger partial charge in [0.15, 0.2) is 11.5 Å². The van der Waals surface area contributed by atoms with Gasteiger partial charge in [-0.3, -0.25) is 0 Å². The number of hydrogen-bond acceptors (Lipinski definition) is 7. The molecule has 0 N–H and O–H groups in total. The van der Waals surface area contributed by atoms with E-state index in [1.54, 1.807) is 13.0 Å². The van der Waals surface area contributed by atoms with E-state index >= 15 is 0 Å². The highest BCUT2D eigenvalue weighted by atomic mass is 16.6. The third kappa shape index (κ3) is 7.12. The Kier molecular flexibility index (Phi) is 9.94. The summed E-state index contributed by atoms with van der Waals surface area (Å²) in [5.41, 5.74) is 1.70. The molecule has 0 spiro atoms. The molecule has 2 aromatic carbocycles. The first kappa shape index (κ1) is 27.5. The third-order valence-corrected chi connectivity index (χ3v) is 5.22. The van der Waals surface area contributed by atoms with Crippen molar-refractivity contribution in [2.24, 2.45) is 0 Å². The molecule has 0 radical (unpaired) electrons. The maximum absolute atomic E-state index is 12.2. The van der Waals surface area contributed by atoms with Crippen LogP contribution in [0.5, 0.6) is 23.0 Å². The molecular formula is C28H34O7. The highest BCUT2D eigenvalue weighted by molar-refractivity contribution is 5.89. The molecule has 2 aromatic rings. The van der Waals surface area contributed by atoms with E-state index in [9.17, 15) is 9.59 Å². The van der Waals surface area contributed by atoms with Crippen LogP contribution in [0.2, 0.25) is 0 Å². The summed E-state index contributed by atoms with van der Waals surface area (Å²) < 4.78 is 28.0. The van der Waals surface area contributed by atoms with E-state index in [1.165, 1.54) is 0 Å². The van der Waals surface area contributed by atoms with Gasteiger partial charge in [0.25, 0.3) is 0 Å². The lowest BCUT2D eigenvalue weighted by atomic mass is 9.77. The number of ether oxygens (including phenoxy) is 5. The van der Waals surface area contributed by atoms with Crippen LogP contribution < -0.4 is 18.9 Å². The Balaban J connectivity index is 2.35. The number of carbonyl (C=O) groups is 2. The Morgan fingerprint density at radius 2 is 1.54 bits per heavy atom. The molecule has 0 saturated heterocycles. The minimum atomic E-state index is -0.532. The summed E-state index contributed by atoms with van der Waals surface area (Å²) in [6, 6.07) is 11.3. The molecule has 7 nitrogen and oxygen atoms in total. The molecule has 188 valence electrons. The van der Waals surface area contributed by atoms with E-state index in [1.807, 2.05) is 44.2 Å². The number of carbonyl (C=O) groups excluding carboxylic acids is 2. The molecule has 0 heterocycles. The van der Waals surface area contributed by atoms with Gasteiger partial charge in [0.2, 0.25) is 5.75 Å². The van der Waals surface area contributed by atoms with Gasteiger partial charge in [-0.25, -0.2) is 9.59 Å². The minimum absolute atomic E-state index is 0.137. The van der Waals surface area contributed by atoms with E-state index in [-0.39, 0.29) is 24.5 Å². The fraction of sp³-hybridized carbons (Fsp3) is 0.357. The van der Waals surface area contributed by atoms with Gasteiger partial charge in [-0.1, -0.05) is 45.2 Å². The summed E-state index contributed by atoms with van der Waals surface area (Å²) in [5.74, 6) is 0.821. The fourth-order valence-electron chi connectivity index (χ4n) is 3.36. The molecule has 0 bridgehead atoms. The standard InChI is InChI=1S/C28H34O7/c1-8-24(29)34-18-17-33-21-13-11-20(12-14-21)28(6,7)22-15-16-23(35-27(30)19(4)5)26(32-10-3)25(22)31-9-2/h8,11-16H,1,4,9-10,17-18H2,2-3,5-7H3. The molecule has 0 amide bonds. The Morgan fingerprint density at radius 3 is 2.11 bits per heavy atom. The molecule has 35 heavy (non-hydrogen) atoms. The molecule has 0 unspecified atom stereocenters. The van der Waals surface area contributed by atoms with Crippen molar-refractivity contribution in [2.45, 2.75) is 40.0 Å². The monoisotopic (exact) mass is 482 g/mol. The molecule has 0 atom stereocenters. The first-order valence-corrected chi connectivity index (χ1v) is 11.5. The van der Waals surface area contributed by atoms with Crippen LogP contribution in [0.3, 0.4) is 0 Å². The van der Waals surface area contributed by atoms with Gasteiger partial charge >= 0.3 is 11.9 Å². The molecule has 0 aromatic heterocycles. The van der Waals surface area contributed by atoms with E-state index in [2.05, 4.69) is 27.0 Å². The first-order valence-electron chi connectivity index (χ1n) is 11.5. The summed E-state index contributed by atoms with van der Waals surface area (Å²) in [5, 5.41) is 0. The summed E-state index contributed by atoms with van der Waals surface area (Å²) in [6.45, 7) is 17.6. The van der Waals surface area contributed by atoms with Crippen LogP contribution in [0, 0.1) is 0 Å². The Morgan fingerprint density at radius 1 is 0.914 bits per heavy atom. The van der Waals surface area contributed by atoms with Crippen LogP contribution in [0.1, 0.15) is 45.7 Å². The topological polar surface area (TPSA) is 80.3 Å². The Hall–Kier alpha value is -3.74. The molecule has 7 heteroatoms. The first-order chi connectivity index (χ1) is 16.6. The van der Waals surface area contributed by atoms with E-state index < -0.39 is 17.4 Å². The number of esters is 2. The molecular weight excluding hydrogens is 448 g/mol. The van der Waals surface area contributed by atoms with Crippen molar-refractivity contribution in [3.05, 3.63) is 72.3 Å². The zero-order chi connectivity index (χ0) is 26.0. The lowest BCUT2D eigenvalue weighted by molar-refractivity contribution is -0.138. The molecule has 0 saturated carbocycles. The van der Waals surface area contributed by atoms with Gasteiger partial charge in [-0.2, -0.15) is 0 Å². The van der Waals surface area contributed by atoms with Gasteiger partial charge in [-0.05, 0) is 44.5 Å². The number of hydrogen-bond donors (Lipinski definition) is 0. The SMILES string of the molecule is C=CC(=O)OCCOc1ccc(C(C)(C)c2ccc(OC(=O)C(=C)C)c(OCC)c2OCC)cc1. The zero-order valence-electron chi connectivity index (χ0n) is 21.1. The second-order valence-corrected chi connectivity index (χ2v) is 8.17. The molecule has 0 fully saturated rings. The average Bonchev–Trinajstić information content (AvgIpc) is 2.83. The van der Waals surface area contributed by atoms with Crippen molar-refractivity contribution < 1.29 is 33.3 Å². The maximum atomic E-state index is 12.2. The summed E-state index contributed by atoms with van der Waals surface area (Å²) in [7, 11) is 0. The highest BCUT2D eigenvalue weighted by Gasteiger charge is 2.31. The van der Waals surface area contributed by atoms with Crippen molar-refractivity contribution in [3.8, 4) is 23.0 Å². The third-order valence-electron chi connectivity index (χ3n) is 5.22. The van der Waals surface area contributed by atoms with Crippen LogP contribution in [0.4, 0.5) is 0 Å². The second kappa shape index (κ2) is 12.6. The zero-order valence-corrected chi connectivity index (χ0v) is 21.1. The lowest BCUT2D eigenvalue weighted by Gasteiger charge is -2.30. The van der Waals surface area contributed by atoms with Gasteiger partial charge in [-0.15, -0.1) is 0 Å². The van der Waals surface area contributed by atoms with Gasteiger partial charge in [0, 0.05) is 22.6 Å². The lowest BCUT2D eigenvalue weighted by Crippen LogP contribution is -2.21. The summed E-state index contributed by atoms with van der Waals surface area (Å²) in [4.78, 5) is 23.3. The smallest absolute Gasteiger partial charge is 0.338 e. The Labute approximate surface area is 207 Å². The van der Waals surface area contributed by atoms with Crippen molar-refractivity contribution >= 4 is 11.9 Å². The normalized spacial score (nSPS) is 10.8. The van der Waals surface area contributed by atoms with Crippen molar-refractivity contribution in [1.82, 2.24) is 0 Å². The molecule has 0 aliphatic heterocycles. The average molecular weight is 483 g/mol. The van der Waals surface area contributed by atoms with Crippen LogP contribution in [-0.4, -0.2) is 38.4 Å². The van der Waals surface area contributed by atoms with Crippen LogP contribution in [0.15, 0.2) is 61.2 Å². The van der Waals surface area contributed by atoms with Gasteiger partial charge in [0.1, 0.15) is 19.0 Å². The van der Waals surface area contributed by atoms with Gasteiger partial charge < -0.3 is 23.7 Å². The molecule has 0 aliphatic rings. The van der Waals surface area contributed by atoms with E-state index in [0.29, 0.717) is 30.5 Å². The van der Waals surface area contributed by atoms with Crippen molar-refractivity contribution in [2.75, 3.05) is 26.4 Å². The number of benzene rings is 2. The Bertz CT molecular complexity index is 1050. The summed E-state index contributed by atoms with van der Waals surface area (Å²) >= 11 is 0. The van der Waals surface area contributed by atoms with Crippen LogP contribution >= 0.6 is 0 Å². The predicted molar refractivity (Wildman–Crippen MR) is 134 cm³/mol. The molecule has 2 rings (SSSR count). The quantitative estimate of drug-likeness (QED) is 0.164.